The van der Waals surface area contributed by atoms with E-state index in [1.807, 2.05) is 36.4 Å². The van der Waals surface area contributed by atoms with Crippen LogP contribution in [-0.4, -0.2) is 26.0 Å². The van der Waals surface area contributed by atoms with E-state index in [-0.39, 0.29) is 18.2 Å². The SMILES string of the molecule is COc1ccc(CNC(=O)CC2C(=O)Nc3ccccc32)cc1OC. The van der Waals surface area contributed by atoms with Crippen molar-refractivity contribution in [2.75, 3.05) is 19.5 Å². The van der Waals surface area contributed by atoms with E-state index in [9.17, 15) is 9.59 Å². The highest BCUT2D eigenvalue weighted by atomic mass is 16.5. The van der Waals surface area contributed by atoms with E-state index in [2.05, 4.69) is 10.6 Å². The fourth-order valence-electron chi connectivity index (χ4n) is 2.93. The number of nitrogens with one attached hydrogen (secondary N) is 2. The van der Waals surface area contributed by atoms with Gasteiger partial charge >= 0.3 is 0 Å². The Bertz CT molecular complexity index is 804. The van der Waals surface area contributed by atoms with Crippen LogP contribution < -0.4 is 20.1 Å². The molecule has 0 saturated carbocycles. The van der Waals surface area contributed by atoms with Gasteiger partial charge in [-0.05, 0) is 29.3 Å². The second-order valence-corrected chi connectivity index (χ2v) is 5.80. The van der Waals surface area contributed by atoms with Crippen LogP contribution in [0.5, 0.6) is 11.5 Å². The highest BCUT2D eigenvalue weighted by Gasteiger charge is 2.31. The third-order valence-electron chi connectivity index (χ3n) is 4.24. The first-order chi connectivity index (χ1) is 12.1. The quantitative estimate of drug-likeness (QED) is 0.847. The van der Waals surface area contributed by atoms with Gasteiger partial charge in [0.1, 0.15) is 0 Å². The third kappa shape index (κ3) is 3.57. The fourth-order valence-corrected chi connectivity index (χ4v) is 2.93. The van der Waals surface area contributed by atoms with E-state index in [0.717, 1.165) is 16.8 Å². The zero-order valence-corrected chi connectivity index (χ0v) is 14.2. The molecule has 2 amide bonds. The Morgan fingerprint density at radius 1 is 1.12 bits per heavy atom. The number of methoxy groups -OCH3 is 2. The van der Waals surface area contributed by atoms with Crippen LogP contribution in [0.4, 0.5) is 5.69 Å². The number of anilines is 1. The molecule has 0 aliphatic carbocycles. The molecule has 0 aromatic heterocycles. The van der Waals surface area contributed by atoms with Crippen LogP contribution >= 0.6 is 0 Å². The Morgan fingerprint density at radius 2 is 1.88 bits per heavy atom. The highest BCUT2D eigenvalue weighted by molar-refractivity contribution is 6.04. The lowest BCUT2D eigenvalue weighted by Crippen LogP contribution is -2.26. The Kier molecular flexibility index (Phi) is 4.88. The lowest BCUT2D eigenvalue weighted by atomic mass is 9.97. The Morgan fingerprint density at radius 3 is 2.64 bits per heavy atom. The summed E-state index contributed by atoms with van der Waals surface area (Å²) in [6.45, 7) is 0.356. The van der Waals surface area contributed by atoms with Gasteiger partial charge in [-0.3, -0.25) is 9.59 Å². The second-order valence-electron chi connectivity index (χ2n) is 5.80. The first-order valence-corrected chi connectivity index (χ1v) is 7.99. The summed E-state index contributed by atoms with van der Waals surface area (Å²) >= 11 is 0. The molecule has 1 atom stereocenters. The Balaban J connectivity index is 1.61. The number of hydrogen-bond donors (Lipinski definition) is 2. The van der Waals surface area contributed by atoms with Crippen molar-refractivity contribution < 1.29 is 19.1 Å². The maximum atomic E-state index is 12.3. The molecule has 0 radical (unpaired) electrons. The first kappa shape index (κ1) is 16.8. The van der Waals surface area contributed by atoms with Crippen molar-refractivity contribution >= 4 is 17.5 Å². The Labute approximate surface area is 146 Å². The van der Waals surface area contributed by atoms with Crippen molar-refractivity contribution in [3.63, 3.8) is 0 Å². The van der Waals surface area contributed by atoms with Crippen LogP contribution in [0.15, 0.2) is 42.5 Å². The van der Waals surface area contributed by atoms with Gasteiger partial charge in [0.05, 0.1) is 20.1 Å². The Hall–Kier alpha value is -3.02. The van der Waals surface area contributed by atoms with E-state index in [4.69, 9.17) is 9.47 Å². The van der Waals surface area contributed by atoms with Crippen molar-refractivity contribution in [2.24, 2.45) is 0 Å². The zero-order chi connectivity index (χ0) is 17.8. The zero-order valence-electron chi connectivity index (χ0n) is 14.2. The van der Waals surface area contributed by atoms with Gasteiger partial charge < -0.3 is 20.1 Å². The number of ether oxygens (including phenoxy) is 2. The summed E-state index contributed by atoms with van der Waals surface area (Å²) in [6.07, 6.45) is 0.121. The van der Waals surface area contributed by atoms with Crippen LogP contribution in [0.2, 0.25) is 0 Å². The number of para-hydroxylation sites is 1. The maximum absolute atomic E-state index is 12.3. The van der Waals surface area contributed by atoms with Gasteiger partial charge in [0.15, 0.2) is 11.5 Å². The molecule has 1 unspecified atom stereocenters. The predicted molar refractivity (Wildman–Crippen MR) is 93.8 cm³/mol. The van der Waals surface area contributed by atoms with E-state index in [1.54, 1.807) is 20.3 Å². The van der Waals surface area contributed by atoms with Gasteiger partial charge in [0.2, 0.25) is 11.8 Å². The number of rotatable bonds is 6. The van der Waals surface area contributed by atoms with Crippen molar-refractivity contribution in [3.8, 4) is 11.5 Å². The monoisotopic (exact) mass is 340 g/mol. The number of carbonyl (C=O) groups is 2. The minimum Gasteiger partial charge on any atom is -0.493 e. The van der Waals surface area contributed by atoms with E-state index < -0.39 is 5.92 Å². The summed E-state index contributed by atoms with van der Waals surface area (Å²) in [4.78, 5) is 24.3. The van der Waals surface area contributed by atoms with Crippen molar-refractivity contribution in [2.45, 2.75) is 18.9 Å². The third-order valence-corrected chi connectivity index (χ3v) is 4.24. The lowest BCUT2D eigenvalue weighted by Gasteiger charge is -2.12. The van der Waals surface area contributed by atoms with Gasteiger partial charge in [-0.25, -0.2) is 0 Å². The molecule has 0 bridgehead atoms. The summed E-state index contributed by atoms with van der Waals surface area (Å²) < 4.78 is 10.4. The highest BCUT2D eigenvalue weighted by Crippen LogP contribution is 2.34. The van der Waals surface area contributed by atoms with Gasteiger partial charge in [0.25, 0.3) is 0 Å². The molecule has 6 nitrogen and oxygen atoms in total. The van der Waals surface area contributed by atoms with E-state index in [1.165, 1.54) is 0 Å². The summed E-state index contributed by atoms with van der Waals surface area (Å²) in [5.41, 5.74) is 2.54. The smallest absolute Gasteiger partial charge is 0.232 e. The van der Waals surface area contributed by atoms with Gasteiger partial charge in [-0.15, -0.1) is 0 Å². The van der Waals surface area contributed by atoms with Crippen molar-refractivity contribution in [1.29, 1.82) is 0 Å². The molecule has 0 saturated heterocycles. The van der Waals surface area contributed by atoms with Crippen LogP contribution in [0, 0.1) is 0 Å². The van der Waals surface area contributed by atoms with Gasteiger partial charge in [-0.1, -0.05) is 24.3 Å². The minimum absolute atomic E-state index is 0.121. The molecule has 2 aromatic rings. The second kappa shape index (κ2) is 7.25. The molecular weight excluding hydrogens is 320 g/mol. The van der Waals surface area contributed by atoms with Gasteiger partial charge in [0, 0.05) is 18.7 Å². The molecule has 130 valence electrons. The molecule has 6 heteroatoms. The van der Waals surface area contributed by atoms with Crippen molar-refractivity contribution in [3.05, 3.63) is 53.6 Å². The molecule has 2 N–H and O–H groups in total. The number of amides is 2. The van der Waals surface area contributed by atoms with Crippen LogP contribution in [0.25, 0.3) is 0 Å². The normalized spacial score (nSPS) is 15.3. The summed E-state index contributed by atoms with van der Waals surface area (Å²) in [6, 6.07) is 12.9. The van der Waals surface area contributed by atoms with Crippen LogP contribution in [0.1, 0.15) is 23.5 Å². The number of benzene rings is 2. The van der Waals surface area contributed by atoms with Crippen molar-refractivity contribution in [1.82, 2.24) is 5.32 Å². The molecule has 0 spiro atoms. The molecule has 3 rings (SSSR count). The average Bonchev–Trinajstić information content (AvgIpc) is 2.95. The molecular formula is C19H20N2O4. The van der Waals surface area contributed by atoms with Crippen LogP contribution in [0.3, 0.4) is 0 Å². The van der Waals surface area contributed by atoms with Crippen LogP contribution in [-0.2, 0) is 16.1 Å². The standard InChI is InChI=1S/C19H20N2O4/c1-24-16-8-7-12(9-17(16)25-2)11-20-18(22)10-14-13-5-3-4-6-15(13)21-19(14)23/h3-9,14H,10-11H2,1-2H3,(H,20,22)(H,21,23). The molecule has 1 aliphatic heterocycles. The first-order valence-electron chi connectivity index (χ1n) is 7.99. The topological polar surface area (TPSA) is 76.7 Å². The minimum atomic E-state index is -0.443. The molecule has 25 heavy (non-hydrogen) atoms. The largest absolute Gasteiger partial charge is 0.493 e. The number of carbonyl (C=O) groups excluding carboxylic acids is 2. The molecule has 2 aromatic carbocycles. The summed E-state index contributed by atoms with van der Waals surface area (Å²) in [5, 5.41) is 5.66. The molecule has 1 aliphatic rings. The van der Waals surface area contributed by atoms with E-state index >= 15 is 0 Å². The van der Waals surface area contributed by atoms with Gasteiger partial charge in [-0.2, -0.15) is 0 Å². The summed E-state index contributed by atoms with van der Waals surface area (Å²) in [5.74, 6) is 0.492. The lowest BCUT2D eigenvalue weighted by molar-refractivity contribution is -0.125. The number of fused-ring (bicyclic) bond motifs is 1. The molecule has 1 heterocycles. The van der Waals surface area contributed by atoms with E-state index in [0.29, 0.717) is 18.0 Å². The predicted octanol–water partition coefficient (Wildman–Crippen LogP) is 2.45. The average molecular weight is 340 g/mol. The fraction of sp³-hybridized carbons (Fsp3) is 0.263. The molecule has 0 fully saturated rings. The number of hydrogen-bond acceptors (Lipinski definition) is 4. The summed E-state index contributed by atoms with van der Waals surface area (Å²) in [7, 11) is 3.14. The maximum Gasteiger partial charge on any atom is 0.232 e.